The topological polar surface area (TPSA) is 70.8 Å². The van der Waals surface area contributed by atoms with Gasteiger partial charge in [0.05, 0.1) is 26.9 Å². The van der Waals surface area contributed by atoms with E-state index in [2.05, 4.69) is 4.74 Å². The summed E-state index contributed by atoms with van der Waals surface area (Å²) in [6.07, 6.45) is -1.94. The van der Waals surface area contributed by atoms with Crippen molar-refractivity contribution in [1.29, 1.82) is 0 Å². The van der Waals surface area contributed by atoms with Crippen molar-refractivity contribution in [1.82, 2.24) is 0 Å². The summed E-state index contributed by atoms with van der Waals surface area (Å²) in [4.78, 5) is 11.3. The first-order valence-electron chi connectivity index (χ1n) is 5.83. The van der Waals surface area contributed by atoms with Crippen LogP contribution in [0.15, 0.2) is 18.2 Å². The molecule has 1 rings (SSSR count). The van der Waals surface area contributed by atoms with Gasteiger partial charge in [0.2, 0.25) is 6.17 Å². The lowest BCUT2D eigenvalue weighted by molar-refractivity contribution is -0.149. The maximum absolute atomic E-state index is 13.9. The van der Waals surface area contributed by atoms with Gasteiger partial charge in [-0.3, -0.25) is 0 Å². The van der Waals surface area contributed by atoms with Gasteiger partial charge in [0, 0.05) is 11.6 Å². The Morgan fingerprint density at radius 2 is 2.05 bits per heavy atom. The molecule has 106 valence electrons. The Balaban J connectivity index is 2.98. The number of methoxy groups -OCH3 is 2. The molecule has 0 aromatic heterocycles. The Bertz CT molecular complexity index is 439. The first-order valence-corrected chi connectivity index (χ1v) is 5.83. The molecule has 0 fully saturated rings. The third kappa shape index (κ3) is 3.57. The third-order valence-electron chi connectivity index (χ3n) is 2.63. The summed E-state index contributed by atoms with van der Waals surface area (Å²) in [5.74, 6) is -0.0639. The molecule has 0 heterocycles. The number of esters is 1. The summed E-state index contributed by atoms with van der Waals surface area (Å²) < 4.78 is 28.6. The van der Waals surface area contributed by atoms with Gasteiger partial charge in [-0.05, 0) is 19.1 Å². The fourth-order valence-electron chi connectivity index (χ4n) is 1.62. The lowest BCUT2D eigenvalue weighted by Crippen LogP contribution is -2.31. The van der Waals surface area contributed by atoms with Crippen LogP contribution in [0.4, 0.5) is 4.39 Å². The Morgan fingerprint density at radius 3 is 2.58 bits per heavy atom. The van der Waals surface area contributed by atoms with E-state index in [1.165, 1.54) is 14.2 Å². The molecule has 0 aliphatic carbocycles. The monoisotopic (exact) mass is 271 g/mol. The Labute approximate surface area is 111 Å². The van der Waals surface area contributed by atoms with Crippen molar-refractivity contribution in [2.24, 2.45) is 5.73 Å². The molecule has 0 aliphatic rings. The molecule has 1 unspecified atom stereocenters. The Kier molecular flexibility index (Phi) is 5.57. The van der Waals surface area contributed by atoms with Crippen LogP contribution in [-0.4, -0.2) is 33.0 Å². The van der Waals surface area contributed by atoms with Gasteiger partial charge in [-0.25, -0.2) is 9.18 Å². The second kappa shape index (κ2) is 6.94. The smallest absolute Gasteiger partial charge is 0.342 e. The van der Waals surface area contributed by atoms with Crippen LogP contribution in [0.1, 0.15) is 18.5 Å². The highest BCUT2D eigenvalue weighted by molar-refractivity contribution is 5.76. The molecule has 5 nitrogen and oxygen atoms in total. The predicted octanol–water partition coefficient (Wildman–Crippen LogP) is 1.60. The lowest BCUT2D eigenvalue weighted by atomic mass is 10.0. The highest BCUT2D eigenvalue weighted by Gasteiger charge is 2.29. The standard InChI is InChI=1S/C13H18FNO4/c1-4-19-13(16)11(14)12(15)9-6-5-8(17-2)7-10(9)18-3/h5-7,11-12H,4,15H2,1-3H3/t11?,12-/m0/s1. The normalized spacial score (nSPS) is 13.5. The van der Waals surface area contributed by atoms with E-state index >= 15 is 0 Å². The quantitative estimate of drug-likeness (QED) is 0.796. The van der Waals surface area contributed by atoms with Crippen LogP contribution in [0, 0.1) is 0 Å². The van der Waals surface area contributed by atoms with Crippen molar-refractivity contribution in [3.63, 3.8) is 0 Å². The van der Waals surface area contributed by atoms with Crippen molar-refractivity contribution >= 4 is 5.97 Å². The van der Waals surface area contributed by atoms with E-state index in [9.17, 15) is 9.18 Å². The fraction of sp³-hybridized carbons (Fsp3) is 0.462. The number of hydrogen-bond donors (Lipinski definition) is 1. The van der Waals surface area contributed by atoms with Gasteiger partial charge < -0.3 is 19.9 Å². The van der Waals surface area contributed by atoms with E-state index in [-0.39, 0.29) is 6.61 Å². The average molecular weight is 271 g/mol. The summed E-state index contributed by atoms with van der Waals surface area (Å²) in [5, 5.41) is 0. The first-order chi connectivity index (χ1) is 9.04. The molecule has 19 heavy (non-hydrogen) atoms. The zero-order valence-corrected chi connectivity index (χ0v) is 11.2. The minimum absolute atomic E-state index is 0.103. The predicted molar refractivity (Wildman–Crippen MR) is 68.0 cm³/mol. The number of rotatable bonds is 6. The zero-order chi connectivity index (χ0) is 14.4. The summed E-state index contributed by atoms with van der Waals surface area (Å²) in [5.41, 5.74) is 6.12. The van der Waals surface area contributed by atoms with E-state index in [4.69, 9.17) is 15.2 Å². The van der Waals surface area contributed by atoms with Gasteiger partial charge in [0.15, 0.2) is 0 Å². The molecule has 0 saturated heterocycles. The van der Waals surface area contributed by atoms with Gasteiger partial charge in [-0.1, -0.05) is 0 Å². The van der Waals surface area contributed by atoms with Gasteiger partial charge in [0.25, 0.3) is 0 Å². The highest BCUT2D eigenvalue weighted by Crippen LogP contribution is 2.31. The molecule has 1 aromatic rings. The molecule has 6 heteroatoms. The molecule has 2 N–H and O–H groups in total. The number of halogens is 1. The van der Waals surface area contributed by atoms with Crippen molar-refractivity contribution < 1.29 is 23.4 Å². The van der Waals surface area contributed by atoms with Crippen LogP contribution >= 0.6 is 0 Å². The molecule has 2 atom stereocenters. The summed E-state index contributed by atoms with van der Waals surface area (Å²) in [7, 11) is 2.94. The first kappa shape index (κ1) is 15.2. The van der Waals surface area contributed by atoms with Crippen LogP contribution < -0.4 is 15.2 Å². The molecule has 0 aliphatic heterocycles. The van der Waals surface area contributed by atoms with Gasteiger partial charge in [-0.2, -0.15) is 0 Å². The molecule has 0 spiro atoms. The maximum Gasteiger partial charge on any atom is 0.342 e. The van der Waals surface area contributed by atoms with Crippen molar-refractivity contribution in [3.05, 3.63) is 23.8 Å². The molecular weight excluding hydrogens is 253 g/mol. The van der Waals surface area contributed by atoms with Crippen molar-refractivity contribution in [2.45, 2.75) is 19.1 Å². The number of carbonyl (C=O) groups is 1. The summed E-state index contributed by atoms with van der Waals surface area (Å²) in [6.45, 7) is 1.70. The molecule has 0 radical (unpaired) electrons. The van der Waals surface area contributed by atoms with Crippen LogP contribution in [0.3, 0.4) is 0 Å². The molecule has 1 aromatic carbocycles. The van der Waals surface area contributed by atoms with Gasteiger partial charge in [0.1, 0.15) is 11.5 Å². The Morgan fingerprint density at radius 1 is 1.37 bits per heavy atom. The molecule has 0 amide bonds. The lowest BCUT2D eigenvalue weighted by Gasteiger charge is -2.18. The molecular formula is C13H18FNO4. The Hall–Kier alpha value is -1.82. The maximum atomic E-state index is 13.9. The SMILES string of the molecule is CCOC(=O)C(F)[C@@H](N)c1ccc(OC)cc1OC. The van der Waals surface area contributed by atoms with Crippen LogP contribution in [0.25, 0.3) is 0 Å². The number of nitrogens with two attached hydrogens (primary N) is 1. The second-order valence-electron chi connectivity index (χ2n) is 3.79. The van der Waals surface area contributed by atoms with Crippen LogP contribution in [0.5, 0.6) is 11.5 Å². The minimum Gasteiger partial charge on any atom is -0.497 e. The third-order valence-corrected chi connectivity index (χ3v) is 2.63. The number of ether oxygens (including phenoxy) is 3. The number of alkyl halides is 1. The van der Waals surface area contributed by atoms with E-state index in [0.29, 0.717) is 17.1 Å². The number of benzene rings is 1. The van der Waals surface area contributed by atoms with E-state index in [1.807, 2.05) is 0 Å². The number of hydrogen-bond acceptors (Lipinski definition) is 5. The van der Waals surface area contributed by atoms with E-state index in [1.54, 1.807) is 25.1 Å². The molecule has 0 saturated carbocycles. The van der Waals surface area contributed by atoms with Crippen molar-refractivity contribution in [3.8, 4) is 11.5 Å². The minimum atomic E-state index is -1.94. The average Bonchev–Trinajstić information content (AvgIpc) is 2.45. The van der Waals surface area contributed by atoms with Crippen LogP contribution in [0.2, 0.25) is 0 Å². The van der Waals surface area contributed by atoms with Gasteiger partial charge >= 0.3 is 5.97 Å². The van der Waals surface area contributed by atoms with E-state index in [0.717, 1.165) is 0 Å². The largest absolute Gasteiger partial charge is 0.497 e. The van der Waals surface area contributed by atoms with E-state index < -0.39 is 18.2 Å². The summed E-state index contributed by atoms with van der Waals surface area (Å²) >= 11 is 0. The number of carbonyl (C=O) groups excluding carboxylic acids is 1. The fourth-order valence-corrected chi connectivity index (χ4v) is 1.62. The second-order valence-corrected chi connectivity index (χ2v) is 3.79. The molecule has 0 bridgehead atoms. The summed E-state index contributed by atoms with van der Waals surface area (Å²) in [6, 6.07) is 3.61. The zero-order valence-electron chi connectivity index (χ0n) is 11.2. The highest BCUT2D eigenvalue weighted by atomic mass is 19.1. The van der Waals surface area contributed by atoms with Crippen LogP contribution in [-0.2, 0) is 9.53 Å². The van der Waals surface area contributed by atoms with Crippen molar-refractivity contribution in [2.75, 3.05) is 20.8 Å². The van der Waals surface area contributed by atoms with Gasteiger partial charge in [-0.15, -0.1) is 0 Å².